The Kier molecular flexibility index (Phi) is 6.31. The Labute approximate surface area is 212 Å². The molecule has 1 aromatic heterocycles. The lowest BCUT2D eigenvalue weighted by molar-refractivity contribution is -0.134. The van der Waals surface area contributed by atoms with Crippen molar-refractivity contribution in [2.24, 2.45) is 0 Å². The Morgan fingerprint density at radius 2 is 1.47 bits per heavy atom. The molecule has 2 heterocycles. The van der Waals surface area contributed by atoms with Gasteiger partial charge in [0.15, 0.2) is 5.54 Å². The fraction of sp³-hybridized carbons (Fsp3) is 0.107. The van der Waals surface area contributed by atoms with E-state index in [1.54, 1.807) is 72.8 Å². The smallest absolute Gasteiger partial charge is 0.326 e. The van der Waals surface area contributed by atoms with Gasteiger partial charge in [-0.2, -0.15) is 0 Å². The number of nitrogens with zero attached hydrogens (tertiary/aromatic N) is 1. The summed E-state index contributed by atoms with van der Waals surface area (Å²) < 4.78 is 5.80. The molecule has 1 saturated heterocycles. The minimum Gasteiger partial charge on any atom is -0.459 e. The third-order valence-corrected chi connectivity index (χ3v) is 6.32. The van der Waals surface area contributed by atoms with Crippen LogP contribution in [0.2, 0.25) is 5.02 Å². The van der Waals surface area contributed by atoms with E-state index in [1.165, 1.54) is 0 Å². The highest BCUT2D eigenvalue weighted by molar-refractivity contribution is 6.30. The molecular weight excluding hydrogens is 478 g/mol. The van der Waals surface area contributed by atoms with Gasteiger partial charge in [0.2, 0.25) is 5.91 Å². The molecule has 0 atom stereocenters. The molecule has 3 aromatic carbocycles. The number of furan rings is 1. The maximum atomic E-state index is 13.7. The van der Waals surface area contributed by atoms with Crippen molar-refractivity contribution in [3.05, 3.63) is 119 Å². The third-order valence-electron chi connectivity index (χ3n) is 6.07. The predicted molar refractivity (Wildman–Crippen MR) is 135 cm³/mol. The number of amides is 4. The Morgan fingerprint density at radius 1 is 0.861 bits per heavy atom. The van der Waals surface area contributed by atoms with E-state index in [9.17, 15) is 14.4 Å². The van der Waals surface area contributed by atoms with Crippen molar-refractivity contribution in [1.82, 2.24) is 15.5 Å². The predicted octanol–water partition coefficient (Wildman–Crippen LogP) is 4.71. The molecule has 180 valence electrons. The first-order valence-electron chi connectivity index (χ1n) is 11.3. The van der Waals surface area contributed by atoms with E-state index >= 15 is 0 Å². The van der Waals surface area contributed by atoms with Crippen LogP contribution in [0.5, 0.6) is 0 Å². The van der Waals surface area contributed by atoms with Crippen LogP contribution in [0.15, 0.2) is 101 Å². The molecule has 8 heteroatoms. The van der Waals surface area contributed by atoms with Gasteiger partial charge in [0.05, 0.1) is 6.54 Å². The topological polar surface area (TPSA) is 91.7 Å². The highest BCUT2D eigenvalue weighted by atomic mass is 35.5. The molecule has 0 unspecified atom stereocenters. The minimum absolute atomic E-state index is 0.110. The maximum Gasteiger partial charge on any atom is 0.326 e. The lowest BCUT2D eigenvalue weighted by Gasteiger charge is -2.27. The average molecular weight is 500 g/mol. The lowest BCUT2D eigenvalue weighted by atomic mass is 9.82. The summed E-state index contributed by atoms with van der Waals surface area (Å²) in [7, 11) is 0. The molecule has 0 aliphatic carbocycles. The number of imide groups is 1. The van der Waals surface area contributed by atoms with E-state index in [0.29, 0.717) is 27.7 Å². The van der Waals surface area contributed by atoms with Crippen LogP contribution < -0.4 is 10.6 Å². The number of nitrogens with one attached hydrogen (secondary N) is 2. The average Bonchev–Trinajstić information content (AvgIpc) is 3.48. The van der Waals surface area contributed by atoms with Crippen LogP contribution in [0.3, 0.4) is 0 Å². The van der Waals surface area contributed by atoms with Crippen molar-refractivity contribution in [3.63, 3.8) is 0 Å². The number of carbonyl (C=O) groups excluding carboxylic acids is 3. The monoisotopic (exact) mass is 499 g/mol. The summed E-state index contributed by atoms with van der Waals surface area (Å²) >= 11 is 5.93. The first-order chi connectivity index (χ1) is 17.5. The van der Waals surface area contributed by atoms with Gasteiger partial charge < -0.3 is 15.1 Å². The molecule has 0 saturated carbocycles. The Hall–Kier alpha value is -4.36. The number of hydrogen-bond acceptors (Lipinski definition) is 4. The van der Waals surface area contributed by atoms with Crippen LogP contribution in [0.4, 0.5) is 4.79 Å². The Morgan fingerprint density at radius 3 is 2.08 bits per heavy atom. The molecular formula is C28H22ClN3O4. The molecule has 1 fully saturated rings. The summed E-state index contributed by atoms with van der Waals surface area (Å²) in [6, 6.07) is 28.1. The van der Waals surface area contributed by atoms with Gasteiger partial charge in [-0.1, -0.05) is 72.3 Å². The van der Waals surface area contributed by atoms with Crippen molar-refractivity contribution >= 4 is 29.4 Å². The summed E-state index contributed by atoms with van der Waals surface area (Å²) in [6.45, 7) is -0.310. The van der Waals surface area contributed by atoms with Crippen LogP contribution in [-0.2, 0) is 21.7 Å². The molecule has 4 aromatic rings. The molecule has 5 rings (SSSR count). The van der Waals surface area contributed by atoms with Gasteiger partial charge in [0.1, 0.15) is 18.1 Å². The van der Waals surface area contributed by atoms with Crippen molar-refractivity contribution in [3.8, 4) is 11.3 Å². The summed E-state index contributed by atoms with van der Waals surface area (Å²) in [5.74, 6) is 0.178. The number of rotatable bonds is 7. The van der Waals surface area contributed by atoms with Gasteiger partial charge in [-0.3, -0.25) is 14.5 Å². The van der Waals surface area contributed by atoms with Gasteiger partial charge in [0, 0.05) is 10.6 Å². The van der Waals surface area contributed by atoms with E-state index in [0.717, 1.165) is 10.5 Å². The van der Waals surface area contributed by atoms with Crippen LogP contribution in [0.25, 0.3) is 11.3 Å². The van der Waals surface area contributed by atoms with E-state index in [1.807, 2.05) is 24.3 Å². The Balaban J connectivity index is 1.30. The normalized spacial score (nSPS) is 14.5. The first kappa shape index (κ1) is 23.4. The number of halogens is 1. The standard InChI is InChI=1S/C28H22ClN3O4/c29-22-13-11-19(12-14-22)24-16-15-23(36-24)17-30-25(33)18-32-26(34)28(31-27(32)35,20-7-3-1-4-8-20)21-9-5-2-6-10-21/h1-16H,17-18H2,(H,30,33)(H,31,35). The van der Waals surface area contributed by atoms with Crippen LogP contribution in [0.1, 0.15) is 16.9 Å². The molecule has 36 heavy (non-hydrogen) atoms. The van der Waals surface area contributed by atoms with Crippen molar-refractivity contribution in [1.29, 1.82) is 0 Å². The molecule has 0 radical (unpaired) electrons. The number of benzene rings is 3. The lowest BCUT2D eigenvalue weighted by Crippen LogP contribution is -2.46. The van der Waals surface area contributed by atoms with Crippen LogP contribution in [0, 0.1) is 0 Å². The van der Waals surface area contributed by atoms with Crippen LogP contribution in [-0.4, -0.2) is 29.3 Å². The largest absolute Gasteiger partial charge is 0.459 e. The molecule has 0 bridgehead atoms. The van der Waals surface area contributed by atoms with Gasteiger partial charge >= 0.3 is 6.03 Å². The second kappa shape index (κ2) is 9.71. The highest BCUT2D eigenvalue weighted by Crippen LogP contribution is 2.35. The number of urea groups is 1. The fourth-order valence-electron chi connectivity index (χ4n) is 4.28. The molecule has 1 aliphatic heterocycles. The quantitative estimate of drug-likeness (QED) is 0.360. The SMILES string of the molecule is O=C(CN1C(=O)NC(c2ccccc2)(c2ccccc2)C1=O)NCc1ccc(-c2ccc(Cl)cc2)o1. The van der Waals surface area contributed by atoms with Crippen molar-refractivity contribution in [2.45, 2.75) is 12.1 Å². The number of carbonyl (C=O) groups is 3. The van der Waals surface area contributed by atoms with Crippen LogP contribution >= 0.6 is 11.6 Å². The summed E-state index contributed by atoms with van der Waals surface area (Å²) in [5, 5.41) is 6.18. The summed E-state index contributed by atoms with van der Waals surface area (Å²) in [5.41, 5.74) is 0.675. The second-order valence-corrected chi connectivity index (χ2v) is 8.79. The summed E-state index contributed by atoms with van der Waals surface area (Å²) in [4.78, 5) is 40.3. The van der Waals surface area contributed by atoms with Gasteiger partial charge in [-0.05, 0) is 47.5 Å². The second-order valence-electron chi connectivity index (χ2n) is 8.35. The van der Waals surface area contributed by atoms with Gasteiger partial charge in [-0.25, -0.2) is 4.79 Å². The zero-order valence-corrected chi connectivity index (χ0v) is 19.9. The van der Waals surface area contributed by atoms with Crippen molar-refractivity contribution in [2.75, 3.05) is 6.54 Å². The van der Waals surface area contributed by atoms with E-state index in [-0.39, 0.29) is 6.54 Å². The van der Waals surface area contributed by atoms with E-state index in [4.69, 9.17) is 16.0 Å². The zero-order chi connectivity index (χ0) is 25.1. The van der Waals surface area contributed by atoms with Gasteiger partial charge in [-0.15, -0.1) is 0 Å². The zero-order valence-electron chi connectivity index (χ0n) is 19.1. The summed E-state index contributed by atoms with van der Waals surface area (Å²) in [6.07, 6.45) is 0. The maximum absolute atomic E-state index is 13.7. The molecule has 1 aliphatic rings. The first-order valence-corrected chi connectivity index (χ1v) is 11.7. The minimum atomic E-state index is -1.41. The molecule has 4 amide bonds. The van der Waals surface area contributed by atoms with E-state index in [2.05, 4.69) is 10.6 Å². The Bertz CT molecular complexity index is 1360. The molecule has 7 nitrogen and oxygen atoms in total. The van der Waals surface area contributed by atoms with E-state index < -0.39 is 29.9 Å². The highest BCUT2D eigenvalue weighted by Gasteiger charge is 2.54. The van der Waals surface area contributed by atoms with Crippen molar-refractivity contribution < 1.29 is 18.8 Å². The number of hydrogen-bond donors (Lipinski definition) is 2. The van der Waals surface area contributed by atoms with Gasteiger partial charge in [0.25, 0.3) is 5.91 Å². The fourth-order valence-corrected chi connectivity index (χ4v) is 4.41. The molecule has 0 spiro atoms. The molecule has 2 N–H and O–H groups in total. The third kappa shape index (κ3) is 4.36.